The number of hydrogen-bond donors (Lipinski definition) is 1. The molecule has 0 rings (SSSR count). The Balaban J connectivity index is 3.96. The first-order valence-electron chi connectivity index (χ1n) is 19.8. The summed E-state index contributed by atoms with van der Waals surface area (Å²) in [6.45, 7) is 7.45. The van der Waals surface area contributed by atoms with E-state index in [1.807, 2.05) is 7.05 Å². The fraction of sp³-hybridized carbons (Fsp3) is 0.786. The van der Waals surface area contributed by atoms with Crippen molar-refractivity contribution in [1.29, 1.82) is 0 Å². The molecule has 0 spiro atoms. The lowest BCUT2D eigenvalue weighted by atomic mass is 10.1. The van der Waals surface area contributed by atoms with Gasteiger partial charge in [0, 0.05) is 19.5 Å². The molecular formula is C42H78N2O. The molecule has 0 saturated carbocycles. The van der Waals surface area contributed by atoms with E-state index in [0.29, 0.717) is 12.3 Å². The predicted molar refractivity (Wildman–Crippen MR) is 203 cm³/mol. The van der Waals surface area contributed by atoms with E-state index in [0.717, 1.165) is 58.2 Å². The summed E-state index contributed by atoms with van der Waals surface area (Å²) in [7, 11) is 1.99. The molecule has 45 heavy (non-hydrogen) atoms. The molecule has 0 fully saturated rings. The highest BCUT2D eigenvalue weighted by Gasteiger charge is 2.12. The molecular weight excluding hydrogens is 548 g/mol. The van der Waals surface area contributed by atoms with Crippen molar-refractivity contribution < 1.29 is 4.79 Å². The van der Waals surface area contributed by atoms with Gasteiger partial charge >= 0.3 is 0 Å². The van der Waals surface area contributed by atoms with E-state index < -0.39 is 0 Å². The Morgan fingerprint density at radius 3 is 1.24 bits per heavy atom. The van der Waals surface area contributed by atoms with E-state index in [4.69, 9.17) is 0 Å². The minimum Gasteiger partial charge on any atom is -0.343 e. The minimum atomic E-state index is 0.385. The van der Waals surface area contributed by atoms with Crippen LogP contribution in [0.5, 0.6) is 0 Å². The lowest BCUT2D eigenvalue weighted by molar-refractivity contribution is -0.131. The number of allylic oxidation sites excluding steroid dienone is 8. The molecule has 0 aliphatic rings. The maximum absolute atomic E-state index is 13.0. The van der Waals surface area contributed by atoms with Gasteiger partial charge in [0.25, 0.3) is 0 Å². The molecule has 1 N–H and O–H groups in total. The molecule has 0 aromatic heterocycles. The van der Waals surface area contributed by atoms with Crippen LogP contribution in [0.2, 0.25) is 0 Å². The summed E-state index contributed by atoms with van der Waals surface area (Å²) in [4.78, 5) is 15.2. The number of carbonyl (C=O) groups excluding carboxylic acids is 1. The number of amides is 1. The molecule has 3 heteroatoms. The number of nitrogens with one attached hydrogen (secondary N) is 1. The van der Waals surface area contributed by atoms with Crippen LogP contribution in [0.3, 0.4) is 0 Å². The van der Waals surface area contributed by atoms with Gasteiger partial charge in [0.2, 0.25) is 5.91 Å². The molecule has 1 amide bonds. The van der Waals surface area contributed by atoms with Crippen molar-refractivity contribution in [2.75, 3.05) is 26.7 Å². The van der Waals surface area contributed by atoms with Crippen molar-refractivity contribution in [3.05, 3.63) is 48.6 Å². The Morgan fingerprint density at radius 2 is 0.844 bits per heavy atom. The lowest BCUT2D eigenvalue weighted by Crippen LogP contribution is -2.33. The first-order chi connectivity index (χ1) is 22.3. The quantitative estimate of drug-likeness (QED) is 0.0560. The van der Waals surface area contributed by atoms with Crippen LogP contribution in [0.25, 0.3) is 0 Å². The molecule has 0 radical (unpaired) electrons. The largest absolute Gasteiger partial charge is 0.343 e. The van der Waals surface area contributed by atoms with Gasteiger partial charge < -0.3 is 10.2 Å². The van der Waals surface area contributed by atoms with Crippen LogP contribution in [-0.4, -0.2) is 37.5 Å². The average molecular weight is 627 g/mol. The molecule has 0 aliphatic heterocycles. The fourth-order valence-corrected chi connectivity index (χ4v) is 5.68. The molecule has 0 saturated heterocycles. The van der Waals surface area contributed by atoms with Gasteiger partial charge in [-0.2, -0.15) is 0 Å². The summed E-state index contributed by atoms with van der Waals surface area (Å²) in [5, 5.41) is 3.20. The van der Waals surface area contributed by atoms with Gasteiger partial charge in [-0.15, -0.1) is 0 Å². The van der Waals surface area contributed by atoms with Gasteiger partial charge in [-0.25, -0.2) is 0 Å². The predicted octanol–water partition coefficient (Wildman–Crippen LogP) is 12.8. The van der Waals surface area contributed by atoms with E-state index in [1.165, 1.54) is 128 Å². The first-order valence-corrected chi connectivity index (χ1v) is 19.8. The van der Waals surface area contributed by atoms with Gasteiger partial charge in [0.1, 0.15) is 0 Å². The Hall–Kier alpha value is -1.61. The standard InChI is InChI=1S/C42H78N2O/c1-4-6-8-10-12-14-16-18-20-22-24-26-28-30-32-36-40-44(42(45)38-34-35-39-43-3)41-37-33-31-29-27-25-23-21-19-17-15-13-11-9-7-5-2/h12-15,18-21,43H,4-11,16-17,22-41H2,1-3H3/b14-12-,15-13-,20-18-,21-19-. The van der Waals surface area contributed by atoms with E-state index in [1.54, 1.807) is 0 Å². The van der Waals surface area contributed by atoms with E-state index in [9.17, 15) is 4.79 Å². The zero-order valence-corrected chi connectivity index (χ0v) is 30.7. The van der Waals surface area contributed by atoms with Crippen LogP contribution >= 0.6 is 0 Å². The summed E-state index contributed by atoms with van der Waals surface area (Å²) in [6.07, 6.45) is 52.0. The van der Waals surface area contributed by atoms with Crippen LogP contribution < -0.4 is 5.32 Å². The van der Waals surface area contributed by atoms with Crippen LogP contribution in [0.15, 0.2) is 48.6 Å². The molecule has 262 valence electrons. The van der Waals surface area contributed by atoms with Gasteiger partial charge in [-0.05, 0) is 103 Å². The van der Waals surface area contributed by atoms with Crippen LogP contribution in [0.1, 0.15) is 187 Å². The summed E-state index contributed by atoms with van der Waals surface area (Å²) < 4.78 is 0. The third kappa shape index (κ3) is 35.1. The third-order valence-electron chi connectivity index (χ3n) is 8.68. The smallest absolute Gasteiger partial charge is 0.222 e. The maximum Gasteiger partial charge on any atom is 0.222 e. The van der Waals surface area contributed by atoms with Gasteiger partial charge in [0.15, 0.2) is 0 Å². The molecule has 0 unspecified atom stereocenters. The summed E-state index contributed by atoms with van der Waals surface area (Å²) >= 11 is 0. The monoisotopic (exact) mass is 627 g/mol. The van der Waals surface area contributed by atoms with Crippen molar-refractivity contribution >= 4 is 5.91 Å². The van der Waals surface area contributed by atoms with Crippen molar-refractivity contribution in [2.24, 2.45) is 0 Å². The molecule has 3 nitrogen and oxygen atoms in total. The fourth-order valence-electron chi connectivity index (χ4n) is 5.68. The van der Waals surface area contributed by atoms with E-state index in [2.05, 4.69) is 72.7 Å². The summed E-state index contributed by atoms with van der Waals surface area (Å²) in [5.74, 6) is 0.385. The Morgan fingerprint density at radius 1 is 0.467 bits per heavy atom. The number of unbranched alkanes of at least 4 members (excludes halogenated alkanes) is 19. The zero-order chi connectivity index (χ0) is 32.7. The van der Waals surface area contributed by atoms with Crippen molar-refractivity contribution in [3.63, 3.8) is 0 Å². The normalized spacial score (nSPS) is 12.2. The zero-order valence-electron chi connectivity index (χ0n) is 30.7. The number of carbonyl (C=O) groups is 1. The Labute approximate surface area is 282 Å². The maximum atomic E-state index is 13.0. The van der Waals surface area contributed by atoms with Crippen molar-refractivity contribution in [2.45, 2.75) is 187 Å². The third-order valence-corrected chi connectivity index (χ3v) is 8.68. The number of nitrogens with zero attached hydrogens (tertiary/aromatic N) is 1. The Kier molecular flexibility index (Phi) is 37.2. The van der Waals surface area contributed by atoms with Crippen molar-refractivity contribution in [1.82, 2.24) is 10.2 Å². The molecule has 0 aliphatic carbocycles. The van der Waals surface area contributed by atoms with Gasteiger partial charge in [-0.3, -0.25) is 4.79 Å². The summed E-state index contributed by atoms with van der Waals surface area (Å²) in [6, 6.07) is 0. The Bertz CT molecular complexity index is 659. The summed E-state index contributed by atoms with van der Waals surface area (Å²) in [5.41, 5.74) is 0. The highest BCUT2D eigenvalue weighted by Crippen LogP contribution is 2.13. The second-order valence-electron chi connectivity index (χ2n) is 13.1. The molecule has 0 heterocycles. The molecule has 0 aromatic rings. The van der Waals surface area contributed by atoms with Crippen molar-refractivity contribution in [3.8, 4) is 0 Å². The average Bonchev–Trinajstić information content (AvgIpc) is 3.05. The van der Waals surface area contributed by atoms with Crippen LogP contribution in [0.4, 0.5) is 0 Å². The SMILES string of the molecule is CCCCC/C=C\C/C=C\CCCCCCCCN(CCCCCCCC/C=C\C/C=C\CCCCC)C(=O)CCCCNC. The topological polar surface area (TPSA) is 32.3 Å². The first kappa shape index (κ1) is 43.4. The highest BCUT2D eigenvalue weighted by molar-refractivity contribution is 5.76. The molecule has 0 atom stereocenters. The van der Waals surface area contributed by atoms with Crippen LogP contribution in [-0.2, 0) is 4.79 Å². The minimum absolute atomic E-state index is 0.385. The number of rotatable bonds is 35. The van der Waals surface area contributed by atoms with Crippen LogP contribution in [0, 0.1) is 0 Å². The van der Waals surface area contributed by atoms with E-state index >= 15 is 0 Å². The molecule has 0 aromatic carbocycles. The molecule has 0 bridgehead atoms. The van der Waals surface area contributed by atoms with Gasteiger partial charge in [0.05, 0.1) is 0 Å². The van der Waals surface area contributed by atoms with E-state index in [-0.39, 0.29) is 0 Å². The second kappa shape index (κ2) is 38.6. The second-order valence-corrected chi connectivity index (χ2v) is 13.1. The van der Waals surface area contributed by atoms with Gasteiger partial charge in [-0.1, -0.05) is 140 Å². The lowest BCUT2D eigenvalue weighted by Gasteiger charge is -2.23. The number of hydrogen-bond acceptors (Lipinski definition) is 2. The highest BCUT2D eigenvalue weighted by atomic mass is 16.2.